The number of hydrogen-bond acceptors (Lipinski definition) is 9. The number of nitrogens with zero attached hydrogens (tertiary/aromatic N) is 9. The lowest BCUT2D eigenvalue weighted by atomic mass is 9.81. The Hall–Kier alpha value is -18.3. The fraction of sp³-hybridized carbons (Fsp3) is 0.0662. The number of rotatable bonds is 12. The molecule has 0 saturated carbocycles. The number of aromatic nitrogens is 9. The summed E-state index contributed by atoms with van der Waals surface area (Å²) in [6, 6.07) is 166. The van der Waals surface area contributed by atoms with E-state index in [1.54, 1.807) is 0 Å². The molecule has 0 fully saturated rings. The van der Waals surface area contributed by atoms with Gasteiger partial charge in [-0.25, -0.2) is 44.9 Å². The van der Waals surface area contributed by atoms with E-state index in [0.29, 0.717) is 52.4 Å². The molecule has 28 rings (SSSR count). The average molecular weight is 1860 g/mol. The van der Waals surface area contributed by atoms with Crippen LogP contribution in [0.25, 0.3) is 245 Å². The maximum Gasteiger partial charge on any atom is 0.164 e. The number of hydrogen-bond donors (Lipinski definition) is 0. The van der Waals surface area contributed by atoms with E-state index in [4.69, 9.17) is 44.9 Å². The minimum atomic E-state index is -0.175. The van der Waals surface area contributed by atoms with Gasteiger partial charge in [-0.2, -0.15) is 0 Å². The summed E-state index contributed by atoms with van der Waals surface area (Å²) in [7, 11) is 0. The molecule has 3 aromatic heterocycles. The molecule has 0 amide bonds. The van der Waals surface area contributed by atoms with E-state index in [1.807, 2.05) is 6.07 Å². The number of fused-ring (bicyclic) bond motifs is 16. The molecule has 0 saturated heterocycles. The lowest BCUT2D eigenvalue weighted by Crippen LogP contribution is -2.15. The molecule has 25 aromatic rings. The van der Waals surface area contributed by atoms with Gasteiger partial charge in [0.2, 0.25) is 0 Å². The Morgan fingerprint density at radius 1 is 0.117 bits per heavy atom. The Morgan fingerprint density at radius 2 is 0.331 bits per heavy atom. The van der Waals surface area contributed by atoms with Crippen molar-refractivity contribution >= 4 is 75.4 Å². The van der Waals surface area contributed by atoms with E-state index in [0.717, 1.165) is 82.6 Å². The average Bonchev–Trinajstić information content (AvgIpc) is 1.58. The van der Waals surface area contributed by atoms with Gasteiger partial charge >= 0.3 is 0 Å². The zero-order valence-electron chi connectivity index (χ0n) is 81.0. The van der Waals surface area contributed by atoms with Crippen LogP contribution in [-0.2, 0) is 16.2 Å². The van der Waals surface area contributed by atoms with Crippen LogP contribution in [0.3, 0.4) is 0 Å². The summed E-state index contributed by atoms with van der Waals surface area (Å²) >= 11 is 0. The van der Waals surface area contributed by atoms with Crippen LogP contribution in [0.2, 0.25) is 0 Å². The molecule has 0 atom stereocenters. The van der Waals surface area contributed by atoms with Crippen LogP contribution in [0.15, 0.2) is 467 Å². The molecule has 0 aliphatic heterocycles. The van der Waals surface area contributed by atoms with Crippen molar-refractivity contribution in [1.82, 2.24) is 44.9 Å². The summed E-state index contributed by atoms with van der Waals surface area (Å²) in [6.45, 7) is 13.9. The van der Waals surface area contributed by atoms with Crippen molar-refractivity contribution < 1.29 is 0 Å². The first-order chi connectivity index (χ1) is 71.1. The van der Waals surface area contributed by atoms with E-state index in [-0.39, 0.29) is 16.2 Å². The molecule has 684 valence electrons. The molecule has 9 heteroatoms. The molecule has 0 bridgehead atoms. The lowest BCUT2D eigenvalue weighted by molar-refractivity contribution is 0.660. The molecule has 3 heterocycles. The molecule has 0 N–H and O–H groups in total. The fourth-order valence-electron chi connectivity index (χ4n) is 22.4. The quantitative estimate of drug-likeness (QED) is 0.118. The van der Waals surface area contributed by atoms with Crippen molar-refractivity contribution in [1.29, 1.82) is 0 Å². The van der Waals surface area contributed by atoms with Gasteiger partial charge in [-0.15, -0.1) is 0 Å². The van der Waals surface area contributed by atoms with Crippen molar-refractivity contribution in [2.45, 2.75) is 57.8 Å². The summed E-state index contributed by atoms with van der Waals surface area (Å²) in [4.78, 5) is 46.5. The topological polar surface area (TPSA) is 116 Å². The SMILES string of the molecule is CC1(C)c2cc(-c3nc(-c4ccc(-c5ccccc5)cc4)nc(-c4ccc5ccccc5c4)n3)ccc2-c2cc3ccccc3cc21.CC1(C)c2cc(-c3nc(-c4ccc5ccccc5c4)nc(-c4ccc(-c5ccccc5)c5ccccc45)n3)ccc2-c2cc3ccccc3cc21.CC1(C)c2ccccc2-c2ccc(-c3nc(-c4ccc5ccccc5c4)nc(-c4ccc(-c5ccccc5)c5ccccc45)n3)cc21. The van der Waals surface area contributed by atoms with Gasteiger partial charge in [-0.3, -0.25) is 0 Å². The third kappa shape index (κ3) is 15.5. The third-order valence-corrected chi connectivity index (χ3v) is 30.1. The molecule has 145 heavy (non-hydrogen) atoms. The molecular formula is C136H95N9. The predicted octanol–water partition coefficient (Wildman–Crippen LogP) is 34.6. The second-order valence-corrected chi connectivity index (χ2v) is 39.9. The van der Waals surface area contributed by atoms with Gasteiger partial charge in [-0.05, 0) is 248 Å². The Balaban J connectivity index is 0.000000111. The van der Waals surface area contributed by atoms with Gasteiger partial charge in [0.1, 0.15) is 0 Å². The molecule has 3 aliphatic rings. The second-order valence-electron chi connectivity index (χ2n) is 39.9. The first-order valence-corrected chi connectivity index (χ1v) is 49.8. The Labute approximate surface area is 841 Å². The van der Waals surface area contributed by atoms with Crippen LogP contribution in [0.5, 0.6) is 0 Å². The Bertz CT molecular complexity index is 9540. The molecule has 0 radical (unpaired) electrons. The van der Waals surface area contributed by atoms with Crippen LogP contribution in [-0.4, -0.2) is 44.9 Å². The van der Waals surface area contributed by atoms with Gasteiger partial charge in [-0.1, -0.05) is 436 Å². The highest BCUT2D eigenvalue weighted by Crippen LogP contribution is 2.55. The standard InChI is InChI=1S/C48H33N3.2C44H31N3/c1-48(2)43-29-36(22-23-40(43)42-27-33-16-8-9-17-34(33)28-44(42)48)46-49-45(35-21-20-30-12-6-7-15-32(30)26-35)50-47(51-46)41-25-24-37(31-13-4-3-5-14-31)38-18-10-11-19-39(38)41;1-44(2)39-19-11-10-18-36(39)37-23-22-32(27-40(37)44)42-45-41(31-21-20-28-12-6-7-15-30(28)26-31)46-43(47-42)38-25-24-33(29-13-4-3-5-14-29)34-16-8-9-17-35(34)38;1-44(2)39-27-36(22-23-37(39)38-25-33-14-8-9-15-34(33)26-40(38)44)43-46-41(31-19-16-30(17-20-31)28-10-4-3-5-11-28)45-42(47-43)35-21-18-29-12-6-7-13-32(29)24-35/h3-29H,1-2H3;2*3-27H,1-2H3. The van der Waals surface area contributed by atoms with E-state index >= 15 is 0 Å². The maximum absolute atomic E-state index is 5.26. The molecule has 9 nitrogen and oxygen atoms in total. The van der Waals surface area contributed by atoms with E-state index < -0.39 is 0 Å². The molecule has 3 aliphatic carbocycles. The van der Waals surface area contributed by atoms with Crippen LogP contribution < -0.4 is 0 Å². The lowest BCUT2D eigenvalue weighted by Gasteiger charge is -2.22. The van der Waals surface area contributed by atoms with Gasteiger partial charge in [0.25, 0.3) is 0 Å². The van der Waals surface area contributed by atoms with Crippen molar-refractivity contribution in [3.63, 3.8) is 0 Å². The van der Waals surface area contributed by atoms with Crippen molar-refractivity contribution in [2.24, 2.45) is 0 Å². The van der Waals surface area contributed by atoms with Crippen LogP contribution >= 0.6 is 0 Å². The summed E-state index contributed by atoms with van der Waals surface area (Å²) in [5, 5.41) is 16.7. The van der Waals surface area contributed by atoms with E-state index in [1.165, 1.54) is 143 Å². The van der Waals surface area contributed by atoms with Crippen molar-refractivity contribution in [3.8, 4) is 169 Å². The molecule has 0 unspecified atom stereocenters. The highest BCUT2D eigenvalue weighted by atomic mass is 15.1. The third-order valence-electron chi connectivity index (χ3n) is 30.1. The normalized spacial score (nSPS) is 13.1. The van der Waals surface area contributed by atoms with Crippen LogP contribution in [0.4, 0.5) is 0 Å². The largest absolute Gasteiger partial charge is 0.208 e. The highest BCUT2D eigenvalue weighted by molar-refractivity contribution is 6.07. The summed E-state index contributed by atoms with van der Waals surface area (Å²) < 4.78 is 0. The summed E-state index contributed by atoms with van der Waals surface area (Å²) in [5.41, 5.74) is 31.1. The zero-order chi connectivity index (χ0) is 97.2. The minimum Gasteiger partial charge on any atom is -0.208 e. The second kappa shape index (κ2) is 35.2. The van der Waals surface area contributed by atoms with Gasteiger partial charge < -0.3 is 0 Å². The Morgan fingerprint density at radius 3 is 0.697 bits per heavy atom. The van der Waals surface area contributed by atoms with E-state index in [2.05, 4.69) is 503 Å². The molecule has 22 aromatic carbocycles. The van der Waals surface area contributed by atoms with Crippen molar-refractivity contribution in [3.05, 3.63) is 500 Å². The van der Waals surface area contributed by atoms with Crippen LogP contribution in [0.1, 0.15) is 74.9 Å². The maximum atomic E-state index is 5.26. The smallest absolute Gasteiger partial charge is 0.164 e. The first kappa shape index (κ1) is 87.0. The van der Waals surface area contributed by atoms with Crippen molar-refractivity contribution in [2.75, 3.05) is 0 Å². The highest BCUT2D eigenvalue weighted by Gasteiger charge is 2.40. The zero-order valence-corrected chi connectivity index (χ0v) is 81.0. The molecular weight excluding hydrogens is 1760 g/mol. The van der Waals surface area contributed by atoms with Gasteiger partial charge in [0.05, 0.1) is 0 Å². The molecule has 0 spiro atoms. The van der Waals surface area contributed by atoms with Crippen LogP contribution in [0, 0.1) is 0 Å². The summed E-state index contributed by atoms with van der Waals surface area (Å²) in [5.74, 6) is 5.98. The fourth-order valence-corrected chi connectivity index (χ4v) is 22.4. The predicted molar refractivity (Wildman–Crippen MR) is 600 cm³/mol. The monoisotopic (exact) mass is 1850 g/mol. The minimum absolute atomic E-state index is 0.123. The summed E-state index contributed by atoms with van der Waals surface area (Å²) in [6.07, 6.45) is 0. The Kier molecular flexibility index (Phi) is 21.1. The number of benzene rings is 22. The van der Waals surface area contributed by atoms with Gasteiger partial charge in [0.15, 0.2) is 52.4 Å². The van der Waals surface area contributed by atoms with E-state index in [9.17, 15) is 0 Å². The van der Waals surface area contributed by atoms with Gasteiger partial charge in [0, 0.05) is 66.3 Å². The first-order valence-electron chi connectivity index (χ1n) is 49.8.